The van der Waals surface area contributed by atoms with E-state index in [-0.39, 0.29) is 0 Å². The summed E-state index contributed by atoms with van der Waals surface area (Å²) in [6.45, 7) is 4.41. The molecule has 0 aromatic heterocycles. The number of rotatable bonds is 5. The molecule has 1 amide bonds. The zero-order valence-electron chi connectivity index (χ0n) is 14.1. The van der Waals surface area contributed by atoms with Crippen LogP contribution in [0, 0.1) is 12.8 Å². The van der Waals surface area contributed by atoms with Crippen LogP contribution >= 0.6 is 0 Å². The van der Waals surface area contributed by atoms with Crippen molar-refractivity contribution in [1.29, 1.82) is 0 Å². The molecule has 0 N–H and O–H groups in total. The van der Waals surface area contributed by atoms with Gasteiger partial charge in [0.05, 0.1) is 6.42 Å². The van der Waals surface area contributed by atoms with Crippen LogP contribution < -0.4 is 0 Å². The molecule has 2 aliphatic rings. The summed E-state index contributed by atoms with van der Waals surface area (Å²) < 4.78 is 0. The monoisotopic (exact) mass is 299 g/mol. The summed E-state index contributed by atoms with van der Waals surface area (Å²) in [7, 11) is 0. The second-order valence-electron chi connectivity index (χ2n) is 7.22. The third kappa shape index (κ3) is 3.53. The first-order valence-corrected chi connectivity index (χ1v) is 9.04. The van der Waals surface area contributed by atoms with Crippen LogP contribution in [0.5, 0.6) is 0 Å². The molecule has 2 aliphatic carbocycles. The third-order valence-corrected chi connectivity index (χ3v) is 5.62. The Bertz CT molecular complexity index is 512. The molecule has 22 heavy (non-hydrogen) atoms. The lowest BCUT2D eigenvalue weighted by atomic mass is 9.83. The van der Waals surface area contributed by atoms with Gasteiger partial charge < -0.3 is 4.90 Å². The zero-order valence-corrected chi connectivity index (χ0v) is 14.1. The minimum atomic E-state index is 0.358. The summed E-state index contributed by atoms with van der Waals surface area (Å²) in [5, 5.41) is 0. The Morgan fingerprint density at radius 2 is 1.64 bits per heavy atom. The lowest BCUT2D eigenvalue weighted by Gasteiger charge is -2.37. The van der Waals surface area contributed by atoms with Crippen LogP contribution in [0.3, 0.4) is 0 Å². The molecular weight excluding hydrogens is 270 g/mol. The van der Waals surface area contributed by atoms with Gasteiger partial charge in [0.25, 0.3) is 0 Å². The minimum Gasteiger partial charge on any atom is -0.336 e. The molecule has 1 aromatic carbocycles. The fourth-order valence-corrected chi connectivity index (χ4v) is 3.95. The highest BCUT2D eigenvalue weighted by molar-refractivity contribution is 5.80. The van der Waals surface area contributed by atoms with Gasteiger partial charge in [0.2, 0.25) is 5.91 Å². The van der Waals surface area contributed by atoms with Gasteiger partial charge in [0.15, 0.2) is 0 Å². The maximum atomic E-state index is 12.9. The molecule has 2 nitrogen and oxygen atoms in total. The summed E-state index contributed by atoms with van der Waals surface area (Å²) in [6, 6.07) is 9.35. The van der Waals surface area contributed by atoms with E-state index in [1.54, 1.807) is 0 Å². The normalized spacial score (nSPS) is 25.0. The van der Waals surface area contributed by atoms with Crippen LogP contribution in [0.25, 0.3) is 0 Å². The Balaban J connectivity index is 1.66. The second kappa shape index (κ2) is 6.85. The molecule has 1 aromatic rings. The van der Waals surface area contributed by atoms with Crippen molar-refractivity contribution in [2.45, 2.75) is 77.3 Å². The smallest absolute Gasteiger partial charge is 0.227 e. The van der Waals surface area contributed by atoms with Gasteiger partial charge in [-0.25, -0.2) is 0 Å². The number of amides is 1. The maximum Gasteiger partial charge on any atom is 0.227 e. The second-order valence-corrected chi connectivity index (χ2v) is 7.22. The van der Waals surface area contributed by atoms with Gasteiger partial charge in [-0.1, -0.05) is 37.6 Å². The molecule has 0 bridgehead atoms. The Morgan fingerprint density at radius 3 is 2.18 bits per heavy atom. The summed E-state index contributed by atoms with van der Waals surface area (Å²) in [6.07, 6.45) is 9.36. The number of carbonyl (C=O) groups excluding carboxylic acids is 1. The Morgan fingerprint density at radius 1 is 1.05 bits per heavy atom. The summed E-state index contributed by atoms with van der Waals surface area (Å²) in [4.78, 5) is 15.2. The SMILES string of the molecule is CCC1CCC(N(C(=O)Cc2ccccc2C)C2CC2)CC1. The van der Waals surface area contributed by atoms with Crippen LogP contribution in [-0.2, 0) is 11.2 Å². The van der Waals surface area contributed by atoms with Crippen LogP contribution in [-0.4, -0.2) is 22.9 Å². The number of aryl methyl sites for hydroxylation is 1. The van der Waals surface area contributed by atoms with Crippen LogP contribution in [0.1, 0.15) is 63.0 Å². The van der Waals surface area contributed by atoms with Crippen molar-refractivity contribution in [3.05, 3.63) is 35.4 Å². The predicted molar refractivity (Wildman–Crippen MR) is 90.8 cm³/mol. The molecule has 0 aliphatic heterocycles. The minimum absolute atomic E-state index is 0.358. The quantitative estimate of drug-likeness (QED) is 0.784. The maximum absolute atomic E-state index is 12.9. The van der Waals surface area contributed by atoms with Gasteiger partial charge in [-0.05, 0) is 62.5 Å². The van der Waals surface area contributed by atoms with E-state index in [2.05, 4.69) is 30.9 Å². The van der Waals surface area contributed by atoms with E-state index in [4.69, 9.17) is 0 Å². The van der Waals surface area contributed by atoms with Crippen molar-refractivity contribution in [3.63, 3.8) is 0 Å². The molecule has 0 unspecified atom stereocenters. The molecule has 0 radical (unpaired) electrons. The van der Waals surface area contributed by atoms with Crippen molar-refractivity contribution in [2.75, 3.05) is 0 Å². The summed E-state index contributed by atoms with van der Waals surface area (Å²) in [5.74, 6) is 1.25. The number of nitrogens with zero attached hydrogens (tertiary/aromatic N) is 1. The molecule has 0 saturated heterocycles. The van der Waals surface area contributed by atoms with Crippen molar-refractivity contribution in [2.24, 2.45) is 5.92 Å². The number of hydrogen-bond donors (Lipinski definition) is 0. The van der Waals surface area contributed by atoms with E-state index >= 15 is 0 Å². The van der Waals surface area contributed by atoms with Gasteiger partial charge in [-0.15, -0.1) is 0 Å². The molecule has 2 fully saturated rings. The molecular formula is C20H29NO. The van der Waals surface area contributed by atoms with Crippen molar-refractivity contribution >= 4 is 5.91 Å². The van der Waals surface area contributed by atoms with E-state index in [1.807, 2.05) is 12.1 Å². The van der Waals surface area contributed by atoms with E-state index in [9.17, 15) is 4.79 Å². The van der Waals surface area contributed by atoms with E-state index in [0.29, 0.717) is 24.4 Å². The van der Waals surface area contributed by atoms with Crippen LogP contribution in [0.15, 0.2) is 24.3 Å². The first-order chi connectivity index (χ1) is 10.7. The number of hydrogen-bond acceptors (Lipinski definition) is 1. The largest absolute Gasteiger partial charge is 0.336 e. The summed E-state index contributed by atoms with van der Waals surface area (Å²) in [5.41, 5.74) is 2.43. The fourth-order valence-electron chi connectivity index (χ4n) is 3.95. The average molecular weight is 299 g/mol. The number of benzene rings is 1. The predicted octanol–water partition coefficient (Wildman–Crippen LogP) is 4.50. The van der Waals surface area contributed by atoms with E-state index in [0.717, 1.165) is 5.92 Å². The number of carbonyl (C=O) groups is 1. The van der Waals surface area contributed by atoms with E-state index in [1.165, 1.54) is 56.1 Å². The highest BCUT2D eigenvalue weighted by atomic mass is 16.2. The van der Waals surface area contributed by atoms with Crippen molar-refractivity contribution in [1.82, 2.24) is 4.90 Å². The molecule has 0 spiro atoms. The standard InChI is InChI=1S/C20H29NO/c1-3-16-8-10-18(11-9-16)21(19-12-13-19)20(22)14-17-7-5-4-6-15(17)2/h4-7,16,18-19H,3,8-14H2,1-2H3. The first-order valence-electron chi connectivity index (χ1n) is 9.04. The molecule has 0 atom stereocenters. The first kappa shape index (κ1) is 15.6. The van der Waals surface area contributed by atoms with Crippen LogP contribution in [0.4, 0.5) is 0 Å². The fraction of sp³-hybridized carbons (Fsp3) is 0.650. The Kier molecular flexibility index (Phi) is 4.85. The van der Waals surface area contributed by atoms with Crippen molar-refractivity contribution in [3.8, 4) is 0 Å². The van der Waals surface area contributed by atoms with Gasteiger partial charge in [0.1, 0.15) is 0 Å². The Labute approximate surface area is 134 Å². The summed E-state index contributed by atoms with van der Waals surface area (Å²) >= 11 is 0. The van der Waals surface area contributed by atoms with Gasteiger partial charge in [-0.2, -0.15) is 0 Å². The highest BCUT2D eigenvalue weighted by Crippen LogP contribution is 2.36. The highest BCUT2D eigenvalue weighted by Gasteiger charge is 2.38. The van der Waals surface area contributed by atoms with Gasteiger partial charge in [0, 0.05) is 12.1 Å². The zero-order chi connectivity index (χ0) is 15.5. The van der Waals surface area contributed by atoms with Gasteiger partial charge in [-0.3, -0.25) is 4.79 Å². The molecule has 120 valence electrons. The molecule has 2 heteroatoms. The third-order valence-electron chi connectivity index (χ3n) is 5.62. The Hall–Kier alpha value is -1.31. The van der Waals surface area contributed by atoms with Crippen molar-refractivity contribution < 1.29 is 4.79 Å². The molecule has 2 saturated carbocycles. The van der Waals surface area contributed by atoms with Gasteiger partial charge >= 0.3 is 0 Å². The lowest BCUT2D eigenvalue weighted by molar-refractivity contribution is -0.134. The average Bonchev–Trinajstić information content (AvgIpc) is 3.35. The van der Waals surface area contributed by atoms with E-state index < -0.39 is 0 Å². The van der Waals surface area contributed by atoms with Crippen LogP contribution in [0.2, 0.25) is 0 Å². The topological polar surface area (TPSA) is 20.3 Å². The molecule has 3 rings (SSSR count). The lowest BCUT2D eigenvalue weighted by Crippen LogP contribution is -2.44. The molecule has 0 heterocycles.